The Balaban J connectivity index is 2.66. The molecule has 2 heterocycles. The molecular weight excluding hydrogens is 198 g/mol. The molecule has 0 radical (unpaired) electrons. The number of fused-ring (bicyclic) bond motifs is 1. The summed E-state index contributed by atoms with van der Waals surface area (Å²) in [7, 11) is 1.27. The first-order valence-corrected chi connectivity index (χ1v) is 4.14. The van der Waals surface area contributed by atoms with Gasteiger partial charge in [-0.3, -0.25) is 4.79 Å². The predicted molar refractivity (Wildman–Crippen MR) is 49.7 cm³/mol. The van der Waals surface area contributed by atoms with Gasteiger partial charge >= 0.3 is 5.97 Å². The minimum Gasteiger partial charge on any atom is -0.465 e. The van der Waals surface area contributed by atoms with Crippen LogP contribution in [0.3, 0.4) is 0 Å². The van der Waals surface area contributed by atoms with E-state index >= 15 is 0 Å². The van der Waals surface area contributed by atoms with Crippen LogP contribution in [0.2, 0.25) is 0 Å². The Labute approximate surface area is 84.5 Å². The Morgan fingerprint density at radius 1 is 1.60 bits per heavy atom. The van der Waals surface area contributed by atoms with E-state index in [0.29, 0.717) is 11.9 Å². The molecule has 0 atom stereocenters. The van der Waals surface area contributed by atoms with E-state index in [-0.39, 0.29) is 11.3 Å². The molecule has 0 unspecified atom stereocenters. The van der Waals surface area contributed by atoms with Crippen LogP contribution in [-0.4, -0.2) is 34.0 Å². The van der Waals surface area contributed by atoms with Gasteiger partial charge in [-0.05, 0) is 6.07 Å². The van der Waals surface area contributed by atoms with Gasteiger partial charge in [-0.15, -0.1) is 0 Å². The molecule has 0 spiro atoms. The van der Waals surface area contributed by atoms with Crippen LogP contribution in [0.15, 0.2) is 18.5 Å². The van der Waals surface area contributed by atoms with E-state index in [9.17, 15) is 9.59 Å². The summed E-state index contributed by atoms with van der Waals surface area (Å²) in [6.07, 6.45) is 3.51. The Kier molecular flexibility index (Phi) is 2.17. The van der Waals surface area contributed by atoms with Gasteiger partial charge in [-0.25, -0.2) is 14.3 Å². The Bertz CT molecular complexity index is 532. The van der Waals surface area contributed by atoms with Crippen molar-refractivity contribution in [3.63, 3.8) is 0 Å². The van der Waals surface area contributed by atoms with Gasteiger partial charge in [0.2, 0.25) is 0 Å². The number of nitrogens with zero attached hydrogens (tertiary/aromatic N) is 3. The lowest BCUT2D eigenvalue weighted by atomic mass is 10.3. The fraction of sp³-hybridized carbons (Fsp3) is 0.111. The number of aromatic nitrogens is 3. The molecule has 0 aliphatic rings. The minimum atomic E-state index is -0.527. The van der Waals surface area contributed by atoms with Crippen molar-refractivity contribution in [3.8, 4) is 0 Å². The summed E-state index contributed by atoms with van der Waals surface area (Å²) in [6.45, 7) is 0. The largest absolute Gasteiger partial charge is 0.465 e. The van der Waals surface area contributed by atoms with E-state index < -0.39 is 5.97 Å². The lowest BCUT2D eigenvalue weighted by Gasteiger charge is -1.96. The molecule has 15 heavy (non-hydrogen) atoms. The van der Waals surface area contributed by atoms with Crippen molar-refractivity contribution in [2.24, 2.45) is 0 Å². The molecule has 0 saturated carbocycles. The molecule has 2 aromatic rings. The van der Waals surface area contributed by atoms with Crippen LogP contribution in [-0.2, 0) is 4.74 Å². The summed E-state index contributed by atoms with van der Waals surface area (Å²) in [4.78, 5) is 25.8. The molecule has 6 nitrogen and oxygen atoms in total. The third-order valence-corrected chi connectivity index (χ3v) is 1.92. The number of aldehydes is 1. The van der Waals surface area contributed by atoms with Gasteiger partial charge in [0.05, 0.1) is 13.3 Å². The molecule has 76 valence electrons. The molecular formula is C9H7N3O3. The highest BCUT2D eigenvalue weighted by molar-refractivity contribution is 5.95. The van der Waals surface area contributed by atoms with Crippen LogP contribution in [0.25, 0.3) is 5.65 Å². The molecule has 0 N–H and O–H groups in total. The maximum absolute atomic E-state index is 11.3. The van der Waals surface area contributed by atoms with Crippen molar-refractivity contribution in [3.05, 3.63) is 29.7 Å². The highest BCUT2D eigenvalue weighted by Crippen LogP contribution is 2.09. The Hall–Kier alpha value is -2.24. The molecule has 0 fully saturated rings. The van der Waals surface area contributed by atoms with Gasteiger partial charge in [0.15, 0.2) is 11.9 Å². The number of rotatable bonds is 2. The van der Waals surface area contributed by atoms with Crippen LogP contribution >= 0.6 is 0 Å². The second-order valence-corrected chi connectivity index (χ2v) is 2.79. The highest BCUT2D eigenvalue weighted by Gasteiger charge is 2.14. The van der Waals surface area contributed by atoms with Gasteiger partial charge in [0, 0.05) is 6.20 Å². The van der Waals surface area contributed by atoms with Crippen LogP contribution in [0.1, 0.15) is 20.8 Å². The molecule has 0 saturated heterocycles. The smallest absolute Gasteiger partial charge is 0.343 e. The minimum absolute atomic E-state index is 0.237. The molecule has 0 bridgehead atoms. The average Bonchev–Trinajstić information content (AvgIpc) is 2.70. The second kappa shape index (κ2) is 3.49. The van der Waals surface area contributed by atoms with E-state index in [0.717, 1.165) is 0 Å². The summed E-state index contributed by atoms with van der Waals surface area (Å²) in [5.41, 5.74) is 0.792. The second-order valence-electron chi connectivity index (χ2n) is 2.79. The standard InChI is InChI=1S/C9H7N3O3/c1-15-9(14)7-4-10-12-3-2-6(5-13)11-8(7)12/h2-5H,1H3. The number of ether oxygens (including phenoxy) is 1. The fourth-order valence-electron chi connectivity index (χ4n) is 1.20. The van der Waals surface area contributed by atoms with Crippen molar-refractivity contribution in [2.75, 3.05) is 7.11 Å². The molecule has 0 aliphatic heterocycles. The average molecular weight is 205 g/mol. The Morgan fingerprint density at radius 3 is 3.07 bits per heavy atom. The first-order chi connectivity index (χ1) is 7.26. The number of carbonyl (C=O) groups is 2. The summed E-state index contributed by atoms with van der Waals surface area (Å²) >= 11 is 0. The number of methoxy groups -OCH3 is 1. The maximum atomic E-state index is 11.3. The Morgan fingerprint density at radius 2 is 2.40 bits per heavy atom. The summed E-state index contributed by atoms with van der Waals surface area (Å²) < 4.78 is 5.96. The SMILES string of the molecule is COC(=O)c1cnn2ccc(C=O)nc12. The molecule has 0 aromatic carbocycles. The third kappa shape index (κ3) is 1.45. The van der Waals surface area contributed by atoms with Crippen molar-refractivity contribution in [2.45, 2.75) is 0 Å². The zero-order valence-electron chi connectivity index (χ0n) is 7.88. The van der Waals surface area contributed by atoms with Gasteiger partial charge in [-0.1, -0.05) is 0 Å². The van der Waals surface area contributed by atoms with Crippen LogP contribution in [0, 0.1) is 0 Å². The first-order valence-electron chi connectivity index (χ1n) is 4.14. The first kappa shape index (κ1) is 9.32. The number of carbonyl (C=O) groups excluding carboxylic acids is 2. The monoisotopic (exact) mass is 205 g/mol. The van der Waals surface area contributed by atoms with Gasteiger partial charge in [-0.2, -0.15) is 5.10 Å². The van der Waals surface area contributed by atoms with Crippen LogP contribution < -0.4 is 0 Å². The fourth-order valence-corrected chi connectivity index (χ4v) is 1.20. The normalized spacial score (nSPS) is 10.2. The van der Waals surface area contributed by atoms with Crippen molar-refractivity contribution < 1.29 is 14.3 Å². The quantitative estimate of drug-likeness (QED) is 0.521. The number of hydrogen-bond acceptors (Lipinski definition) is 5. The summed E-state index contributed by atoms with van der Waals surface area (Å²) in [5, 5.41) is 3.90. The molecule has 2 rings (SSSR count). The topological polar surface area (TPSA) is 73.6 Å². The van der Waals surface area contributed by atoms with Gasteiger partial charge < -0.3 is 4.74 Å². The van der Waals surface area contributed by atoms with Crippen molar-refractivity contribution in [1.29, 1.82) is 0 Å². The van der Waals surface area contributed by atoms with Crippen molar-refractivity contribution in [1.82, 2.24) is 14.6 Å². The molecule has 0 aliphatic carbocycles. The zero-order chi connectivity index (χ0) is 10.8. The van der Waals surface area contributed by atoms with Crippen LogP contribution in [0.4, 0.5) is 0 Å². The van der Waals surface area contributed by atoms with E-state index in [1.165, 1.54) is 23.9 Å². The summed E-state index contributed by atoms with van der Waals surface area (Å²) in [5.74, 6) is -0.527. The third-order valence-electron chi connectivity index (χ3n) is 1.92. The van der Waals surface area contributed by atoms with Gasteiger partial charge in [0.25, 0.3) is 0 Å². The zero-order valence-corrected chi connectivity index (χ0v) is 7.88. The number of hydrogen-bond donors (Lipinski definition) is 0. The van der Waals surface area contributed by atoms with Gasteiger partial charge in [0.1, 0.15) is 11.3 Å². The molecule has 0 amide bonds. The lowest BCUT2D eigenvalue weighted by molar-refractivity contribution is 0.0602. The lowest BCUT2D eigenvalue weighted by Crippen LogP contribution is -2.02. The van der Waals surface area contributed by atoms with E-state index in [2.05, 4.69) is 14.8 Å². The number of esters is 1. The van der Waals surface area contributed by atoms with Crippen LogP contribution in [0.5, 0.6) is 0 Å². The van der Waals surface area contributed by atoms with Crippen molar-refractivity contribution >= 4 is 17.9 Å². The van der Waals surface area contributed by atoms with E-state index in [1.54, 1.807) is 6.20 Å². The molecule has 2 aromatic heterocycles. The molecule has 6 heteroatoms. The predicted octanol–water partition coefficient (Wildman–Crippen LogP) is 0.328. The maximum Gasteiger partial charge on any atom is 0.343 e. The highest BCUT2D eigenvalue weighted by atomic mass is 16.5. The van der Waals surface area contributed by atoms with E-state index in [1.807, 2.05) is 0 Å². The summed E-state index contributed by atoms with van der Waals surface area (Å²) in [6, 6.07) is 1.51. The van der Waals surface area contributed by atoms with E-state index in [4.69, 9.17) is 0 Å².